The summed E-state index contributed by atoms with van der Waals surface area (Å²) in [6, 6.07) is 0.224. The van der Waals surface area contributed by atoms with E-state index in [1.165, 1.54) is 12.8 Å². The molecule has 0 N–H and O–H groups in total. The van der Waals surface area contributed by atoms with Gasteiger partial charge < -0.3 is 0 Å². The third-order valence-corrected chi connectivity index (χ3v) is 23.9. The van der Waals surface area contributed by atoms with E-state index in [2.05, 4.69) is 30.7 Å². The Bertz CT molecular complexity index is 1070. The normalized spacial score (nSPS) is 17.6. The van der Waals surface area contributed by atoms with Crippen LogP contribution in [0.25, 0.3) is 10.9 Å². The molecule has 0 amide bonds. The van der Waals surface area contributed by atoms with Crippen molar-refractivity contribution >= 4 is 33.0 Å². The monoisotopic (exact) mass is 650 g/mol. The Morgan fingerprint density at radius 3 is 2.08 bits per heavy atom. The molecule has 2 fully saturated rings. The molecule has 4 rings (SSSR count). The van der Waals surface area contributed by atoms with Crippen LogP contribution in [0.15, 0.2) is 6.20 Å². The van der Waals surface area contributed by atoms with E-state index >= 15 is 4.39 Å². The van der Waals surface area contributed by atoms with Crippen LogP contribution >= 0.6 is 0 Å². The van der Waals surface area contributed by atoms with Crippen molar-refractivity contribution in [3.63, 3.8) is 0 Å². The quantitative estimate of drug-likeness (QED) is 0.199. The zero-order chi connectivity index (χ0) is 28.1. The summed E-state index contributed by atoms with van der Waals surface area (Å²) in [4.78, 5) is 16.9. The van der Waals surface area contributed by atoms with Crippen molar-refractivity contribution in [2.24, 2.45) is 0 Å². The fourth-order valence-electron chi connectivity index (χ4n) is 6.75. The Balaban J connectivity index is 1.78. The number of fused-ring (bicyclic) bond motifs is 2. The predicted octanol–water partition coefficient (Wildman–Crippen LogP) is 7.40. The molecule has 0 aromatic carbocycles. The summed E-state index contributed by atoms with van der Waals surface area (Å²) in [7, 11) is 0. The molecule has 2 aromatic rings. The standard InChI is InChI=1S/C19H24FN4O2.3C4H9.Sn/c1-18(2,3)26-16-13-10-21-11-14(20)15(13)22-17(23-16)25-12-19-6-4-8-24(19)9-5-7-19;3*1-3-4-2;/h10H,4-9,12H2,1-3H3;3*1,3-4H2,2H3;. The summed E-state index contributed by atoms with van der Waals surface area (Å²) in [5, 5.41) is 0.543. The Labute approximate surface area is 239 Å². The third-order valence-electron chi connectivity index (χ3n) is 8.84. The van der Waals surface area contributed by atoms with Gasteiger partial charge in [0, 0.05) is 0 Å². The number of hydrogen-bond donors (Lipinski definition) is 0. The predicted molar refractivity (Wildman–Crippen MR) is 160 cm³/mol. The molecule has 0 bridgehead atoms. The Hall–Kier alpha value is -1.22. The van der Waals surface area contributed by atoms with Crippen molar-refractivity contribution in [1.82, 2.24) is 19.9 Å². The summed E-state index contributed by atoms with van der Waals surface area (Å²) in [5.41, 5.74) is -0.105. The number of pyridine rings is 1. The van der Waals surface area contributed by atoms with Gasteiger partial charge in [0.2, 0.25) is 0 Å². The van der Waals surface area contributed by atoms with E-state index in [4.69, 9.17) is 19.4 Å². The van der Waals surface area contributed by atoms with Crippen LogP contribution in [0.3, 0.4) is 0 Å². The molecule has 0 aliphatic carbocycles. The minimum absolute atomic E-state index is 0.0668. The van der Waals surface area contributed by atoms with E-state index in [9.17, 15) is 0 Å². The molecule has 0 radical (unpaired) electrons. The number of ether oxygens (including phenoxy) is 2. The first-order valence-corrected chi connectivity index (χ1v) is 23.1. The Morgan fingerprint density at radius 1 is 0.949 bits per heavy atom. The van der Waals surface area contributed by atoms with Crippen LogP contribution in [0.5, 0.6) is 11.9 Å². The van der Waals surface area contributed by atoms with Gasteiger partial charge in [-0.1, -0.05) is 0 Å². The van der Waals surface area contributed by atoms with Gasteiger partial charge in [-0.3, -0.25) is 0 Å². The number of aromatic nitrogens is 3. The molecular weight excluding hydrogens is 598 g/mol. The van der Waals surface area contributed by atoms with Crippen LogP contribution in [0.1, 0.15) is 106 Å². The zero-order valence-corrected chi connectivity index (χ0v) is 28.2. The molecule has 0 unspecified atom stereocenters. The third kappa shape index (κ3) is 6.99. The second kappa shape index (κ2) is 13.2. The average Bonchev–Trinajstić information content (AvgIpc) is 3.48. The summed E-state index contributed by atoms with van der Waals surface area (Å²) >= 11 is -3.14. The van der Waals surface area contributed by atoms with E-state index in [0.717, 1.165) is 81.5 Å². The van der Waals surface area contributed by atoms with Crippen molar-refractivity contribution in [3.8, 4) is 11.9 Å². The van der Waals surface area contributed by atoms with E-state index < -0.39 is 24.0 Å². The SMILES string of the molecule is CCC[CH2][Sn]([CH2]CCC)([CH2]CCC)[c]1ncc2c(OC(C)(C)C)nc(OCC34CCCN3CCC4)nc2c1F. The number of unbranched alkanes of at least 4 members (excludes halogenated alkanes) is 3. The molecule has 4 heterocycles. The van der Waals surface area contributed by atoms with E-state index in [1.54, 1.807) is 6.20 Å². The first kappa shape index (κ1) is 30.7. The van der Waals surface area contributed by atoms with Crippen LogP contribution in [-0.4, -0.2) is 69.1 Å². The van der Waals surface area contributed by atoms with Gasteiger partial charge in [0.1, 0.15) is 0 Å². The number of hydrogen-bond acceptors (Lipinski definition) is 6. The van der Waals surface area contributed by atoms with Crippen LogP contribution in [0, 0.1) is 5.82 Å². The average molecular weight is 649 g/mol. The van der Waals surface area contributed by atoms with Crippen molar-refractivity contribution in [1.29, 1.82) is 0 Å². The molecule has 0 spiro atoms. The molecule has 6 nitrogen and oxygen atoms in total. The minimum atomic E-state index is -3.14. The van der Waals surface area contributed by atoms with Gasteiger partial charge in [0.25, 0.3) is 0 Å². The molecule has 218 valence electrons. The number of halogens is 1. The van der Waals surface area contributed by atoms with Gasteiger partial charge >= 0.3 is 241 Å². The molecule has 2 saturated heterocycles. The number of rotatable bonds is 14. The summed E-state index contributed by atoms with van der Waals surface area (Å²) in [6.45, 7) is 15.5. The fourth-order valence-corrected chi connectivity index (χ4v) is 22.4. The van der Waals surface area contributed by atoms with E-state index in [0.29, 0.717) is 23.4 Å². The van der Waals surface area contributed by atoms with Crippen LogP contribution in [0.4, 0.5) is 4.39 Å². The van der Waals surface area contributed by atoms with Crippen molar-refractivity contribution in [3.05, 3.63) is 12.0 Å². The van der Waals surface area contributed by atoms with Gasteiger partial charge in [-0.2, -0.15) is 0 Å². The van der Waals surface area contributed by atoms with Crippen molar-refractivity contribution in [2.75, 3.05) is 19.7 Å². The zero-order valence-electron chi connectivity index (χ0n) is 25.4. The molecule has 0 atom stereocenters. The van der Waals surface area contributed by atoms with E-state index in [1.807, 2.05) is 20.8 Å². The second-order valence-electron chi connectivity index (χ2n) is 13.0. The molecule has 2 aliphatic rings. The van der Waals surface area contributed by atoms with Crippen LogP contribution < -0.4 is 13.2 Å². The molecule has 0 saturated carbocycles. The maximum atomic E-state index is 16.8. The van der Waals surface area contributed by atoms with Crippen LogP contribution in [-0.2, 0) is 0 Å². The molecule has 2 aromatic heterocycles. The van der Waals surface area contributed by atoms with Gasteiger partial charge in [-0.25, -0.2) is 0 Å². The van der Waals surface area contributed by atoms with Gasteiger partial charge in [0.05, 0.1) is 0 Å². The van der Waals surface area contributed by atoms with Crippen molar-refractivity contribution in [2.45, 2.75) is 130 Å². The van der Waals surface area contributed by atoms with Crippen LogP contribution in [0.2, 0.25) is 13.3 Å². The molecule has 2 aliphatic heterocycles. The summed E-state index contributed by atoms with van der Waals surface area (Å²) in [6.07, 6.45) is 13.3. The maximum absolute atomic E-state index is 16.8. The summed E-state index contributed by atoms with van der Waals surface area (Å²) < 4.78 is 33.6. The van der Waals surface area contributed by atoms with Crippen molar-refractivity contribution < 1.29 is 13.9 Å². The molecular formula is C31H51FN4O2Sn. The first-order chi connectivity index (χ1) is 18.7. The number of nitrogens with zero attached hydrogens (tertiary/aromatic N) is 4. The Morgan fingerprint density at radius 2 is 1.54 bits per heavy atom. The van der Waals surface area contributed by atoms with Gasteiger partial charge in [0.15, 0.2) is 0 Å². The topological polar surface area (TPSA) is 60.4 Å². The fraction of sp³-hybridized carbons (Fsp3) is 0.774. The van der Waals surface area contributed by atoms with E-state index in [-0.39, 0.29) is 17.4 Å². The van der Waals surface area contributed by atoms with Gasteiger partial charge in [-0.05, 0) is 0 Å². The Kier molecular flexibility index (Phi) is 10.4. The summed E-state index contributed by atoms with van der Waals surface area (Å²) in [5.74, 6) is 0.128. The van der Waals surface area contributed by atoms with Gasteiger partial charge in [-0.15, -0.1) is 0 Å². The molecule has 8 heteroatoms. The second-order valence-corrected chi connectivity index (χ2v) is 25.9. The first-order valence-electron chi connectivity index (χ1n) is 15.6. The molecule has 39 heavy (non-hydrogen) atoms.